The molecule has 2 heterocycles. The maximum Gasteiger partial charge on any atom is 0.229 e. The predicted octanol–water partition coefficient (Wildman–Crippen LogP) is 3.14. The van der Waals surface area contributed by atoms with Crippen molar-refractivity contribution in [3.05, 3.63) is 35.7 Å². The first kappa shape index (κ1) is 17.0. The average molecular weight is 327 g/mol. The third-order valence-electron chi connectivity index (χ3n) is 2.72. The normalized spacial score (nSPS) is 9.81. The SMILES string of the molecule is Cc1cc(C)nc(Nc2nc3ccc(N)cc3[nH]2)n1.Cl.Cl. The van der Waals surface area contributed by atoms with Crippen LogP contribution in [0.15, 0.2) is 24.3 Å². The Balaban J connectivity index is 0.00000110. The number of aromatic nitrogens is 4. The Hall–Kier alpha value is -2.05. The van der Waals surface area contributed by atoms with Gasteiger partial charge in [0.25, 0.3) is 0 Å². The highest BCUT2D eigenvalue weighted by Crippen LogP contribution is 2.18. The maximum absolute atomic E-state index is 5.73. The van der Waals surface area contributed by atoms with Crippen molar-refractivity contribution >= 4 is 53.4 Å². The molecule has 0 saturated heterocycles. The summed E-state index contributed by atoms with van der Waals surface area (Å²) in [6, 6.07) is 7.45. The maximum atomic E-state index is 5.73. The van der Waals surface area contributed by atoms with E-state index < -0.39 is 0 Å². The van der Waals surface area contributed by atoms with Gasteiger partial charge in [-0.1, -0.05) is 0 Å². The third-order valence-corrected chi connectivity index (χ3v) is 2.72. The van der Waals surface area contributed by atoms with E-state index in [0.29, 0.717) is 17.6 Å². The van der Waals surface area contributed by atoms with Gasteiger partial charge in [-0.2, -0.15) is 0 Å². The Morgan fingerprint density at radius 3 is 2.33 bits per heavy atom. The summed E-state index contributed by atoms with van der Waals surface area (Å²) in [7, 11) is 0. The van der Waals surface area contributed by atoms with E-state index in [4.69, 9.17) is 5.73 Å². The summed E-state index contributed by atoms with van der Waals surface area (Å²) < 4.78 is 0. The number of benzene rings is 1. The molecule has 0 amide bonds. The molecule has 8 heteroatoms. The first-order valence-electron chi connectivity index (χ1n) is 5.95. The van der Waals surface area contributed by atoms with E-state index in [0.717, 1.165) is 22.4 Å². The number of halogens is 2. The summed E-state index contributed by atoms with van der Waals surface area (Å²) in [5.41, 5.74) is 9.99. The molecule has 0 radical (unpaired) electrons. The minimum absolute atomic E-state index is 0. The molecule has 3 rings (SSSR count). The van der Waals surface area contributed by atoms with E-state index in [9.17, 15) is 0 Å². The van der Waals surface area contributed by atoms with Gasteiger partial charge >= 0.3 is 0 Å². The number of hydrogen-bond donors (Lipinski definition) is 3. The van der Waals surface area contributed by atoms with Crippen molar-refractivity contribution in [2.75, 3.05) is 11.1 Å². The molecule has 21 heavy (non-hydrogen) atoms. The van der Waals surface area contributed by atoms with E-state index in [1.807, 2.05) is 38.1 Å². The van der Waals surface area contributed by atoms with E-state index in [2.05, 4.69) is 25.3 Å². The number of aryl methyl sites for hydroxylation is 2. The molecule has 0 aliphatic rings. The molecule has 0 spiro atoms. The molecule has 2 aromatic heterocycles. The Morgan fingerprint density at radius 2 is 1.67 bits per heavy atom. The third kappa shape index (κ3) is 3.74. The number of nitrogens with one attached hydrogen (secondary N) is 2. The minimum atomic E-state index is 0. The van der Waals surface area contributed by atoms with Crippen molar-refractivity contribution in [2.24, 2.45) is 0 Å². The molecule has 112 valence electrons. The van der Waals surface area contributed by atoms with Crippen LogP contribution in [0.4, 0.5) is 17.6 Å². The number of fused-ring (bicyclic) bond motifs is 1. The van der Waals surface area contributed by atoms with Crippen LogP contribution < -0.4 is 11.1 Å². The second-order valence-electron chi connectivity index (χ2n) is 4.46. The zero-order valence-corrected chi connectivity index (χ0v) is 13.2. The van der Waals surface area contributed by atoms with Crippen molar-refractivity contribution in [1.29, 1.82) is 0 Å². The number of nitrogens with zero attached hydrogens (tertiary/aromatic N) is 3. The molecule has 0 atom stereocenters. The van der Waals surface area contributed by atoms with Crippen LogP contribution in [0, 0.1) is 13.8 Å². The Morgan fingerprint density at radius 1 is 1.00 bits per heavy atom. The summed E-state index contributed by atoms with van der Waals surface area (Å²) in [5, 5.41) is 3.06. The zero-order valence-electron chi connectivity index (χ0n) is 11.5. The number of imidazole rings is 1. The summed E-state index contributed by atoms with van der Waals surface area (Å²) in [6.07, 6.45) is 0. The van der Waals surface area contributed by atoms with Crippen LogP contribution in [0.1, 0.15) is 11.4 Å². The summed E-state index contributed by atoms with van der Waals surface area (Å²) in [5.74, 6) is 1.13. The molecule has 6 nitrogen and oxygen atoms in total. The number of anilines is 3. The highest BCUT2D eigenvalue weighted by molar-refractivity contribution is 5.85. The second-order valence-corrected chi connectivity index (χ2v) is 4.46. The molecule has 0 fully saturated rings. The lowest BCUT2D eigenvalue weighted by molar-refractivity contribution is 1.05. The topological polar surface area (TPSA) is 92.5 Å². The van der Waals surface area contributed by atoms with Crippen LogP contribution in [0.5, 0.6) is 0 Å². The average Bonchev–Trinajstić information content (AvgIpc) is 2.68. The lowest BCUT2D eigenvalue weighted by Gasteiger charge is -2.03. The van der Waals surface area contributed by atoms with Crippen LogP contribution in [0.3, 0.4) is 0 Å². The summed E-state index contributed by atoms with van der Waals surface area (Å²) in [4.78, 5) is 16.2. The van der Waals surface area contributed by atoms with Gasteiger partial charge in [0.2, 0.25) is 11.9 Å². The smallest absolute Gasteiger partial charge is 0.229 e. The fourth-order valence-corrected chi connectivity index (χ4v) is 1.97. The van der Waals surface area contributed by atoms with Gasteiger partial charge in [-0.15, -0.1) is 24.8 Å². The monoisotopic (exact) mass is 326 g/mol. The first-order chi connectivity index (χ1) is 9.10. The van der Waals surface area contributed by atoms with Gasteiger partial charge in [0, 0.05) is 17.1 Å². The molecule has 1 aromatic carbocycles. The molecule has 0 unspecified atom stereocenters. The van der Waals surface area contributed by atoms with Gasteiger partial charge in [-0.05, 0) is 38.1 Å². The molecule has 0 saturated carbocycles. The Kier molecular flexibility index (Phi) is 5.34. The molecular weight excluding hydrogens is 311 g/mol. The number of rotatable bonds is 2. The standard InChI is InChI=1S/C13H14N6.2ClH/c1-7-5-8(2)16-12(15-7)19-13-17-10-4-3-9(14)6-11(10)18-13;;/h3-6H,14H2,1-2H3,(H2,15,16,17,18,19);2*1H. The van der Waals surface area contributed by atoms with Crippen LogP contribution in [-0.2, 0) is 0 Å². The summed E-state index contributed by atoms with van der Waals surface area (Å²) in [6.45, 7) is 3.86. The van der Waals surface area contributed by atoms with Crippen molar-refractivity contribution in [1.82, 2.24) is 19.9 Å². The van der Waals surface area contributed by atoms with Crippen molar-refractivity contribution in [3.63, 3.8) is 0 Å². The number of H-pyrrole nitrogens is 1. The van der Waals surface area contributed by atoms with Gasteiger partial charge in [0.15, 0.2) is 0 Å². The first-order valence-corrected chi connectivity index (χ1v) is 5.95. The Labute approximate surface area is 134 Å². The van der Waals surface area contributed by atoms with E-state index in [-0.39, 0.29) is 24.8 Å². The molecule has 4 N–H and O–H groups in total. The number of aromatic amines is 1. The fraction of sp³-hybridized carbons (Fsp3) is 0.154. The van der Waals surface area contributed by atoms with Crippen molar-refractivity contribution in [3.8, 4) is 0 Å². The fourth-order valence-electron chi connectivity index (χ4n) is 1.97. The zero-order chi connectivity index (χ0) is 13.4. The number of nitrogen functional groups attached to an aromatic ring is 1. The van der Waals surface area contributed by atoms with E-state index in [1.165, 1.54) is 0 Å². The Bertz CT molecular complexity index is 735. The largest absolute Gasteiger partial charge is 0.399 e. The van der Waals surface area contributed by atoms with Gasteiger partial charge < -0.3 is 10.7 Å². The quantitative estimate of drug-likeness (QED) is 0.629. The highest BCUT2D eigenvalue weighted by atomic mass is 35.5. The highest BCUT2D eigenvalue weighted by Gasteiger charge is 2.05. The number of nitrogens with two attached hydrogens (primary N) is 1. The minimum Gasteiger partial charge on any atom is -0.399 e. The van der Waals surface area contributed by atoms with Crippen LogP contribution in [0.2, 0.25) is 0 Å². The van der Waals surface area contributed by atoms with Crippen LogP contribution >= 0.6 is 24.8 Å². The molecule has 0 bridgehead atoms. The van der Waals surface area contributed by atoms with Gasteiger partial charge in [-0.3, -0.25) is 5.32 Å². The lowest BCUT2D eigenvalue weighted by atomic mass is 10.3. The number of hydrogen-bond acceptors (Lipinski definition) is 5. The van der Waals surface area contributed by atoms with Gasteiger partial charge in [0.05, 0.1) is 11.0 Å². The predicted molar refractivity (Wildman–Crippen MR) is 89.8 cm³/mol. The molecular formula is C13H16Cl2N6. The van der Waals surface area contributed by atoms with Gasteiger partial charge in [0.1, 0.15) is 0 Å². The van der Waals surface area contributed by atoms with Crippen LogP contribution in [-0.4, -0.2) is 19.9 Å². The van der Waals surface area contributed by atoms with Gasteiger partial charge in [-0.25, -0.2) is 15.0 Å². The molecule has 0 aliphatic heterocycles. The lowest BCUT2D eigenvalue weighted by Crippen LogP contribution is -2.00. The van der Waals surface area contributed by atoms with E-state index >= 15 is 0 Å². The summed E-state index contributed by atoms with van der Waals surface area (Å²) >= 11 is 0. The molecule has 3 aromatic rings. The molecule has 0 aliphatic carbocycles. The van der Waals surface area contributed by atoms with Crippen molar-refractivity contribution in [2.45, 2.75) is 13.8 Å². The second kappa shape index (κ2) is 6.60. The van der Waals surface area contributed by atoms with E-state index in [1.54, 1.807) is 0 Å². The van der Waals surface area contributed by atoms with Crippen LogP contribution in [0.25, 0.3) is 11.0 Å². The van der Waals surface area contributed by atoms with Crippen molar-refractivity contribution < 1.29 is 0 Å².